The summed E-state index contributed by atoms with van der Waals surface area (Å²) in [5, 5.41) is 23.6. The Balaban J connectivity index is 1.91. The Kier molecular flexibility index (Phi) is 7.68. The van der Waals surface area contributed by atoms with Crippen molar-refractivity contribution in [1.29, 1.82) is 5.26 Å². The van der Waals surface area contributed by atoms with E-state index in [-0.39, 0.29) is 40.0 Å². The Bertz CT molecular complexity index is 1380. The first-order chi connectivity index (χ1) is 16.7. The molecule has 0 aliphatic heterocycles. The molecule has 35 heavy (non-hydrogen) atoms. The van der Waals surface area contributed by atoms with Crippen LogP contribution in [0.1, 0.15) is 33.5 Å². The van der Waals surface area contributed by atoms with E-state index >= 15 is 0 Å². The van der Waals surface area contributed by atoms with Crippen molar-refractivity contribution >= 4 is 40.0 Å². The quantitative estimate of drug-likeness (QED) is 0.146. The summed E-state index contributed by atoms with van der Waals surface area (Å²) >= 11 is 1.21. The number of aryl methyl sites for hydroxylation is 1. The van der Waals surface area contributed by atoms with E-state index in [0.717, 1.165) is 4.88 Å². The second kappa shape index (κ2) is 10.7. The molecule has 2 aromatic heterocycles. The molecule has 1 amide bonds. The number of carbonyl (C=O) groups excluding carboxylic acids is 2. The first kappa shape index (κ1) is 25.2. The lowest BCUT2D eigenvalue weighted by molar-refractivity contribution is -0.384. The minimum absolute atomic E-state index is 0.148. The number of ether oxygens (including phenoxy) is 2. The van der Waals surface area contributed by atoms with Gasteiger partial charge < -0.3 is 19.2 Å². The number of nitro groups is 1. The van der Waals surface area contributed by atoms with Gasteiger partial charge in [-0.05, 0) is 44.5 Å². The Morgan fingerprint density at radius 1 is 1.29 bits per heavy atom. The van der Waals surface area contributed by atoms with Crippen molar-refractivity contribution in [2.24, 2.45) is 0 Å². The zero-order valence-electron chi connectivity index (χ0n) is 19.3. The van der Waals surface area contributed by atoms with E-state index in [1.807, 2.05) is 13.0 Å². The third-order valence-corrected chi connectivity index (χ3v) is 6.15. The van der Waals surface area contributed by atoms with Gasteiger partial charge in [0.2, 0.25) is 0 Å². The molecule has 0 bridgehead atoms. The summed E-state index contributed by atoms with van der Waals surface area (Å²) in [6, 6.07) is 8.95. The fourth-order valence-electron chi connectivity index (χ4n) is 3.20. The van der Waals surface area contributed by atoms with Gasteiger partial charge in [0.1, 0.15) is 33.9 Å². The summed E-state index contributed by atoms with van der Waals surface area (Å²) < 4.78 is 16.1. The van der Waals surface area contributed by atoms with E-state index in [2.05, 4.69) is 5.32 Å². The van der Waals surface area contributed by atoms with E-state index in [1.165, 1.54) is 48.8 Å². The minimum Gasteiger partial charge on any atom is -0.496 e. The number of hydrogen-bond donors (Lipinski definition) is 1. The van der Waals surface area contributed by atoms with Crippen LogP contribution in [0.5, 0.6) is 5.75 Å². The van der Waals surface area contributed by atoms with Gasteiger partial charge in [0.05, 0.1) is 29.8 Å². The summed E-state index contributed by atoms with van der Waals surface area (Å²) in [5.74, 6) is -0.513. The average molecular weight is 496 g/mol. The molecule has 0 fully saturated rings. The predicted molar refractivity (Wildman–Crippen MR) is 129 cm³/mol. The molecule has 10 nitrogen and oxygen atoms in total. The predicted octanol–water partition coefficient (Wildman–Crippen LogP) is 5.26. The Morgan fingerprint density at radius 2 is 2.03 bits per heavy atom. The van der Waals surface area contributed by atoms with Gasteiger partial charge in [-0.3, -0.25) is 14.9 Å². The van der Waals surface area contributed by atoms with Crippen molar-refractivity contribution < 1.29 is 28.4 Å². The molecule has 3 aromatic rings. The van der Waals surface area contributed by atoms with Gasteiger partial charge in [0.15, 0.2) is 0 Å². The van der Waals surface area contributed by atoms with Crippen LogP contribution in [0.3, 0.4) is 0 Å². The highest BCUT2D eigenvalue weighted by atomic mass is 32.1. The standard InChI is InChI=1S/C24H21N3O7S/c1-5-33-24(29)21-13(2)14(3)35-23(21)26-22(28)15(12-25)10-17-7-9-20(34-17)18-11-16(27(30)31)6-8-19(18)32-4/h6-11H,5H2,1-4H3,(H,26,28)/b15-10+. The number of thiophene rings is 1. The van der Waals surface area contributed by atoms with Gasteiger partial charge in [-0.2, -0.15) is 5.26 Å². The lowest BCUT2D eigenvalue weighted by atomic mass is 10.1. The van der Waals surface area contributed by atoms with Crippen LogP contribution in [0.4, 0.5) is 10.7 Å². The number of anilines is 1. The van der Waals surface area contributed by atoms with Crippen molar-refractivity contribution in [3.05, 3.63) is 67.8 Å². The molecule has 0 atom stereocenters. The smallest absolute Gasteiger partial charge is 0.341 e. The van der Waals surface area contributed by atoms with E-state index in [4.69, 9.17) is 13.9 Å². The fraction of sp³-hybridized carbons (Fsp3) is 0.208. The molecule has 0 spiro atoms. The second-order valence-corrected chi connectivity index (χ2v) is 8.40. The number of benzene rings is 1. The largest absolute Gasteiger partial charge is 0.496 e. The van der Waals surface area contributed by atoms with Crippen LogP contribution in [0.2, 0.25) is 0 Å². The van der Waals surface area contributed by atoms with Crippen LogP contribution < -0.4 is 10.1 Å². The van der Waals surface area contributed by atoms with E-state index in [1.54, 1.807) is 19.9 Å². The van der Waals surface area contributed by atoms with Crippen LogP contribution in [0, 0.1) is 35.3 Å². The third-order valence-electron chi connectivity index (χ3n) is 5.03. The molecular formula is C24H21N3O7S. The summed E-state index contributed by atoms with van der Waals surface area (Å²) in [7, 11) is 1.42. The van der Waals surface area contributed by atoms with Gasteiger partial charge >= 0.3 is 5.97 Å². The van der Waals surface area contributed by atoms with Gasteiger partial charge in [-0.1, -0.05) is 0 Å². The zero-order valence-corrected chi connectivity index (χ0v) is 20.1. The average Bonchev–Trinajstić information content (AvgIpc) is 3.40. The first-order valence-electron chi connectivity index (χ1n) is 10.3. The normalized spacial score (nSPS) is 11.0. The Morgan fingerprint density at radius 3 is 2.66 bits per heavy atom. The minimum atomic E-state index is -0.731. The summed E-state index contributed by atoms with van der Waals surface area (Å²) in [6.45, 7) is 5.43. The maximum absolute atomic E-state index is 12.8. The number of nitro benzene ring substituents is 1. The first-order valence-corrected chi connectivity index (χ1v) is 11.1. The van der Waals surface area contributed by atoms with Crippen molar-refractivity contribution in [1.82, 2.24) is 0 Å². The van der Waals surface area contributed by atoms with Crippen molar-refractivity contribution in [3.8, 4) is 23.1 Å². The van der Waals surface area contributed by atoms with Crippen molar-refractivity contribution in [2.75, 3.05) is 19.0 Å². The number of furan rings is 1. The Labute approximate surface area is 204 Å². The molecule has 3 rings (SSSR count). The molecule has 0 radical (unpaired) electrons. The highest BCUT2D eigenvalue weighted by Gasteiger charge is 2.23. The Hall–Kier alpha value is -4.43. The number of methoxy groups -OCH3 is 1. The van der Waals surface area contributed by atoms with E-state index in [9.17, 15) is 25.0 Å². The van der Waals surface area contributed by atoms with Crippen LogP contribution in [0.15, 0.2) is 40.3 Å². The van der Waals surface area contributed by atoms with Gasteiger partial charge in [0.25, 0.3) is 11.6 Å². The highest BCUT2D eigenvalue weighted by molar-refractivity contribution is 7.16. The van der Waals surface area contributed by atoms with Crippen LogP contribution in [-0.2, 0) is 9.53 Å². The number of carbonyl (C=O) groups is 2. The number of amides is 1. The molecule has 1 aromatic carbocycles. The van der Waals surface area contributed by atoms with Gasteiger partial charge in [-0.15, -0.1) is 11.3 Å². The van der Waals surface area contributed by atoms with Crippen molar-refractivity contribution in [3.63, 3.8) is 0 Å². The van der Waals surface area contributed by atoms with E-state index in [0.29, 0.717) is 16.9 Å². The zero-order chi connectivity index (χ0) is 25.7. The fourth-order valence-corrected chi connectivity index (χ4v) is 4.25. The van der Waals surface area contributed by atoms with Gasteiger partial charge in [0, 0.05) is 23.1 Å². The van der Waals surface area contributed by atoms with Crippen LogP contribution in [0.25, 0.3) is 17.4 Å². The maximum atomic E-state index is 12.8. The monoisotopic (exact) mass is 495 g/mol. The third kappa shape index (κ3) is 5.39. The number of nitrogens with one attached hydrogen (secondary N) is 1. The number of esters is 1. The topological polar surface area (TPSA) is 145 Å². The van der Waals surface area contributed by atoms with Crippen molar-refractivity contribution in [2.45, 2.75) is 20.8 Å². The molecule has 0 aliphatic carbocycles. The molecular weight excluding hydrogens is 474 g/mol. The molecule has 180 valence electrons. The van der Waals surface area contributed by atoms with Gasteiger partial charge in [-0.25, -0.2) is 4.79 Å². The molecule has 2 heterocycles. The molecule has 0 aliphatic rings. The molecule has 1 N–H and O–H groups in total. The maximum Gasteiger partial charge on any atom is 0.341 e. The number of nitrogens with zero attached hydrogens (tertiary/aromatic N) is 2. The highest BCUT2D eigenvalue weighted by Crippen LogP contribution is 2.35. The SMILES string of the molecule is CCOC(=O)c1c(NC(=O)/C(C#N)=C/c2ccc(-c3cc([N+](=O)[O-])ccc3OC)o2)sc(C)c1C. The second-order valence-electron chi connectivity index (χ2n) is 7.18. The molecule has 0 saturated carbocycles. The summed E-state index contributed by atoms with van der Waals surface area (Å²) in [5.41, 5.74) is 0.861. The van der Waals surface area contributed by atoms with Crippen LogP contribution in [-0.4, -0.2) is 30.5 Å². The lowest BCUT2D eigenvalue weighted by Gasteiger charge is -2.07. The number of hydrogen-bond acceptors (Lipinski definition) is 9. The molecule has 0 unspecified atom stereocenters. The summed E-state index contributed by atoms with van der Waals surface area (Å²) in [4.78, 5) is 36.6. The number of rotatable bonds is 8. The summed E-state index contributed by atoms with van der Waals surface area (Å²) in [6.07, 6.45) is 1.24. The molecule has 11 heteroatoms. The van der Waals surface area contributed by atoms with Crippen LogP contribution >= 0.6 is 11.3 Å². The van der Waals surface area contributed by atoms with E-state index < -0.39 is 16.8 Å². The molecule has 0 saturated heterocycles. The lowest BCUT2D eigenvalue weighted by Crippen LogP contribution is -2.16. The number of nitriles is 1. The number of non-ortho nitro benzene ring substituents is 1.